The maximum Gasteiger partial charge on any atom is 1.00 e. The largest absolute Gasteiger partial charge is 1.00 e. The van der Waals surface area contributed by atoms with Crippen molar-refractivity contribution in [3.63, 3.8) is 0 Å². The second kappa shape index (κ2) is 5.82. The molecule has 54 valence electrons. The molecule has 0 saturated carbocycles. The Morgan fingerprint density at radius 3 is 2.00 bits per heavy atom. The Kier molecular flexibility index (Phi) is 7.41. The minimum atomic E-state index is -1.15. The van der Waals surface area contributed by atoms with E-state index in [1.165, 1.54) is 0 Å². The minimum absolute atomic E-state index is 0. The maximum absolute atomic E-state index is 10.1. The zero-order valence-corrected chi connectivity index (χ0v) is 8.37. The first-order valence-electron chi connectivity index (χ1n) is 2.65. The van der Waals surface area contributed by atoms with Gasteiger partial charge in [0, 0.05) is 0 Å². The van der Waals surface area contributed by atoms with Gasteiger partial charge in [0.1, 0.15) is 0 Å². The molecule has 0 aromatic carbocycles. The SMILES string of the molecule is CC(C)C(N=O)C(=O)O.[H-].[Na+]. The summed E-state index contributed by atoms with van der Waals surface area (Å²) in [4.78, 5) is 19.8. The summed E-state index contributed by atoms with van der Waals surface area (Å²) in [6, 6.07) is -1.09. The van der Waals surface area contributed by atoms with Gasteiger partial charge in [-0.05, 0) is 5.92 Å². The van der Waals surface area contributed by atoms with Crippen LogP contribution in [0.15, 0.2) is 5.18 Å². The molecule has 0 aliphatic heterocycles. The molecule has 0 heterocycles. The molecule has 4 nitrogen and oxygen atoms in total. The Labute approximate surface area is 82.7 Å². The number of rotatable bonds is 3. The van der Waals surface area contributed by atoms with Crippen LogP contribution in [-0.4, -0.2) is 17.1 Å². The molecule has 0 radical (unpaired) electrons. The quantitative estimate of drug-likeness (QED) is 0.378. The molecule has 0 saturated heterocycles. The molecular formula is C5H10NNaO3. The number of carboxylic acids is 1. The molecule has 0 aromatic heterocycles. The van der Waals surface area contributed by atoms with Crippen LogP contribution >= 0.6 is 0 Å². The smallest absolute Gasteiger partial charge is 1.00 e. The zero-order valence-electron chi connectivity index (χ0n) is 7.37. The number of nitroso groups, excluding NO2 is 1. The third kappa shape index (κ3) is 3.98. The van der Waals surface area contributed by atoms with E-state index < -0.39 is 12.0 Å². The second-order valence-electron chi connectivity index (χ2n) is 2.13. The van der Waals surface area contributed by atoms with Gasteiger partial charge in [0.15, 0.2) is 6.04 Å². The normalized spacial score (nSPS) is 11.9. The summed E-state index contributed by atoms with van der Waals surface area (Å²) in [7, 11) is 0. The van der Waals surface area contributed by atoms with Gasteiger partial charge in [0.05, 0.1) is 0 Å². The Morgan fingerprint density at radius 2 is 2.00 bits per heavy atom. The van der Waals surface area contributed by atoms with Crippen LogP contribution in [0.1, 0.15) is 15.3 Å². The number of carbonyl (C=O) groups is 1. The van der Waals surface area contributed by atoms with E-state index in [4.69, 9.17) is 5.11 Å². The molecule has 10 heavy (non-hydrogen) atoms. The molecular weight excluding hydrogens is 145 g/mol. The van der Waals surface area contributed by atoms with Crippen LogP contribution in [0.4, 0.5) is 0 Å². The molecule has 0 fully saturated rings. The van der Waals surface area contributed by atoms with Crippen LogP contribution in [0, 0.1) is 10.8 Å². The monoisotopic (exact) mass is 155 g/mol. The van der Waals surface area contributed by atoms with Gasteiger partial charge in [-0.3, -0.25) is 0 Å². The molecule has 0 aliphatic rings. The predicted octanol–water partition coefficient (Wildman–Crippen LogP) is -2.02. The van der Waals surface area contributed by atoms with Gasteiger partial charge in [-0.15, -0.1) is 4.91 Å². The summed E-state index contributed by atoms with van der Waals surface area (Å²) < 4.78 is 0. The molecule has 0 bridgehead atoms. The summed E-state index contributed by atoms with van der Waals surface area (Å²) in [5.41, 5.74) is 0. The molecule has 0 aromatic rings. The summed E-state index contributed by atoms with van der Waals surface area (Å²) >= 11 is 0. The summed E-state index contributed by atoms with van der Waals surface area (Å²) in [5.74, 6) is -1.38. The Morgan fingerprint density at radius 1 is 1.60 bits per heavy atom. The number of hydrogen-bond acceptors (Lipinski definition) is 3. The van der Waals surface area contributed by atoms with E-state index in [9.17, 15) is 9.70 Å². The maximum atomic E-state index is 10.1. The van der Waals surface area contributed by atoms with Crippen molar-refractivity contribution in [2.75, 3.05) is 0 Å². The van der Waals surface area contributed by atoms with Crippen LogP contribution in [0.25, 0.3) is 0 Å². The van der Waals surface area contributed by atoms with Crippen molar-refractivity contribution in [2.45, 2.75) is 19.9 Å². The Balaban J connectivity index is -0.000000320. The zero-order chi connectivity index (χ0) is 7.44. The first-order chi connectivity index (χ1) is 4.09. The topological polar surface area (TPSA) is 66.7 Å². The van der Waals surface area contributed by atoms with Crippen molar-refractivity contribution in [1.82, 2.24) is 0 Å². The third-order valence-corrected chi connectivity index (χ3v) is 0.998. The van der Waals surface area contributed by atoms with Crippen LogP contribution in [0.3, 0.4) is 0 Å². The molecule has 0 spiro atoms. The van der Waals surface area contributed by atoms with E-state index >= 15 is 0 Å². The minimum Gasteiger partial charge on any atom is -1.00 e. The summed E-state index contributed by atoms with van der Waals surface area (Å²) in [6.45, 7) is 3.28. The van der Waals surface area contributed by atoms with E-state index in [1.54, 1.807) is 13.8 Å². The standard InChI is InChI=1S/C5H9NO3.Na.H/c1-3(2)4(6-9)5(7)8;;/h3-4H,1-2H3,(H,7,8);;/q;+1;-1. The molecule has 0 rings (SSSR count). The first-order valence-corrected chi connectivity index (χ1v) is 2.65. The van der Waals surface area contributed by atoms with Gasteiger partial charge in [-0.25, -0.2) is 4.79 Å². The fourth-order valence-corrected chi connectivity index (χ4v) is 0.452. The van der Waals surface area contributed by atoms with E-state index in [2.05, 4.69) is 5.18 Å². The summed E-state index contributed by atoms with van der Waals surface area (Å²) in [5, 5.41) is 10.7. The molecule has 5 heteroatoms. The van der Waals surface area contributed by atoms with Gasteiger partial charge in [0.2, 0.25) is 0 Å². The molecule has 0 aliphatic carbocycles. The van der Waals surface area contributed by atoms with Gasteiger partial charge >= 0.3 is 35.5 Å². The van der Waals surface area contributed by atoms with Crippen molar-refractivity contribution in [2.24, 2.45) is 11.1 Å². The Bertz CT molecular complexity index is 131. The van der Waals surface area contributed by atoms with Crippen molar-refractivity contribution < 1.29 is 40.9 Å². The van der Waals surface area contributed by atoms with Crippen LogP contribution in [0.5, 0.6) is 0 Å². The van der Waals surface area contributed by atoms with Crippen LogP contribution < -0.4 is 29.6 Å². The van der Waals surface area contributed by atoms with E-state index in [-0.39, 0.29) is 36.9 Å². The number of nitrogens with zero attached hydrogens (tertiary/aromatic N) is 1. The predicted molar refractivity (Wildman–Crippen MR) is 33.2 cm³/mol. The molecule has 1 atom stereocenters. The van der Waals surface area contributed by atoms with Crippen LogP contribution in [-0.2, 0) is 4.79 Å². The third-order valence-electron chi connectivity index (χ3n) is 0.998. The first kappa shape index (κ1) is 12.7. The molecule has 1 N–H and O–H groups in total. The molecule has 0 amide bonds. The van der Waals surface area contributed by atoms with Crippen molar-refractivity contribution >= 4 is 5.97 Å². The van der Waals surface area contributed by atoms with E-state index in [1.807, 2.05) is 0 Å². The van der Waals surface area contributed by atoms with Gasteiger partial charge in [0.25, 0.3) is 0 Å². The number of hydrogen-bond donors (Lipinski definition) is 1. The fourth-order valence-electron chi connectivity index (χ4n) is 0.452. The average molecular weight is 155 g/mol. The van der Waals surface area contributed by atoms with E-state index in [0.29, 0.717) is 0 Å². The van der Waals surface area contributed by atoms with Gasteiger partial charge in [-0.1, -0.05) is 19.0 Å². The van der Waals surface area contributed by atoms with Gasteiger partial charge in [-0.2, -0.15) is 0 Å². The van der Waals surface area contributed by atoms with Gasteiger partial charge < -0.3 is 6.53 Å². The second-order valence-corrected chi connectivity index (χ2v) is 2.13. The van der Waals surface area contributed by atoms with Crippen LogP contribution in [0.2, 0.25) is 0 Å². The number of carboxylic acid groups (broad SMARTS) is 1. The average Bonchev–Trinajstić information content (AvgIpc) is 1.64. The van der Waals surface area contributed by atoms with Crippen molar-refractivity contribution in [3.05, 3.63) is 4.91 Å². The van der Waals surface area contributed by atoms with Crippen molar-refractivity contribution in [3.8, 4) is 0 Å². The van der Waals surface area contributed by atoms with E-state index in [0.717, 1.165) is 0 Å². The molecule has 1 unspecified atom stereocenters. The fraction of sp³-hybridized carbons (Fsp3) is 0.800. The Hall–Kier alpha value is 0.0700. The summed E-state index contributed by atoms with van der Waals surface area (Å²) in [6.07, 6.45) is 0. The number of aliphatic carboxylic acids is 1. The van der Waals surface area contributed by atoms with Crippen molar-refractivity contribution in [1.29, 1.82) is 0 Å².